The smallest absolute Gasteiger partial charge is 0.185 e. The largest absolute Gasteiger partial charge is 0.293 e. The summed E-state index contributed by atoms with van der Waals surface area (Å²) in [6.45, 7) is 0. The first kappa shape index (κ1) is 11.1. The Morgan fingerprint density at radius 3 is 2.32 bits per heavy atom. The molecule has 2 aliphatic carbocycles. The number of alkyl halides is 1. The highest BCUT2D eigenvalue weighted by molar-refractivity contribution is 9.10. The third-order valence-corrected chi connectivity index (χ3v) is 5.34. The maximum atomic E-state index is 12.7. The lowest BCUT2D eigenvalue weighted by Gasteiger charge is -2.20. The maximum absolute atomic E-state index is 12.7. The molecule has 2 nitrogen and oxygen atoms in total. The van der Waals surface area contributed by atoms with E-state index in [4.69, 9.17) is 0 Å². The van der Waals surface area contributed by atoms with Gasteiger partial charge in [-0.2, -0.15) is 0 Å². The number of rotatable bonds is 0. The Labute approximate surface area is 118 Å². The summed E-state index contributed by atoms with van der Waals surface area (Å²) in [6.07, 6.45) is 0. The van der Waals surface area contributed by atoms with Gasteiger partial charge >= 0.3 is 0 Å². The van der Waals surface area contributed by atoms with E-state index >= 15 is 0 Å². The lowest BCUT2D eigenvalue weighted by molar-refractivity contribution is 0.0900. The normalized spacial score (nSPS) is 27.1. The quantitative estimate of drug-likeness (QED) is 0.698. The molecule has 2 aromatic carbocycles. The minimum atomic E-state index is -0.898. The van der Waals surface area contributed by atoms with Crippen LogP contribution in [0, 0.1) is 0 Å². The van der Waals surface area contributed by atoms with Crippen LogP contribution in [0.25, 0.3) is 0 Å². The number of fused-ring (bicyclic) bond motifs is 5. The fraction of sp³-hybridized carbons (Fsp3) is 0.125. The van der Waals surface area contributed by atoms with Gasteiger partial charge in [0.15, 0.2) is 11.6 Å². The molecule has 0 N–H and O–H groups in total. The van der Waals surface area contributed by atoms with E-state index in [1.165, 1.54) is 0 Å². The van der Waals surface area contributed by atoms with Crippen molar-refractivity contribution < 1.29 is 9.59 Å². The van der Waals surface area contributed by atoms with Crippen LogP contribution in [0.1, 0.15) is 37.8 Å². The van der Waals surface area contributed by atoms with Crippen LogP contribution in [-0.2, 0) is 4.32 Å². The highest BCUT2D eigenvalue weighted by Gasteiger charge is 2.60. The second kappa shape index (κ2) is 3.42. The molecule has 2 atom stereocenters. The summed E-state index contributed by atoms with van der Waals surface area (Å²) in [4.78, 5) is 25.3. The summed E-state index contributed by atoms with van der Waals surface area (Å²) < 4.78 is -0.898. The Bertz CT molecular complexity index is 750. The maximum Gasteiger partial charge on any atom is 0.185 e. The zero-order valence-electron chi connectivity index (χ0n) is 9.89. The highest BCUT2D eigenvalue weighted by atomic mass is 79.9. The van der Waals surface area contributed by atoms with Gasteiger partial charge in [0, 0.05) is 11.1 Å². The summed E-state index contributed by atoms with van der Waals surface area (Å²) >= 11 is 3.59. The van der Waals surface area contributed by atoms with Gasteiger partial charge in [0.2, 0.25) is 0 Å². The highest BCUT2D eigenvalue weighted by Crippen LogP contribution is 2.59. The van der Waals surface area contributed by atoms with Gasteiger partial charge in [-0.15, -0.1) is 0 Å². The average molecular weight is 313 g/mol. The molecule has 0 heterocycles. The SMILES string of the molecule is O=C1c2ccccc2[C@@]2(Br)C(=O)c3ccccc3[C@@H]12. The minimum Gasteiger partial charge on any atom is -0.293 e. The Kier molecular flexibility index (Phi) is 2.00. The van der Waals surface area contributed by atoms with Gasteiger partial charge in [-0.3, -0.25) is 9.59 Å². The molecular weight excluding hydrogens is 304 g/mol. The van der Waals surface area contributed by atoms with E-state index in [-0.39, 0.29) is 11.6 Å². The topological polar surface area (TPSA) is 34.1 Å². The molecule has 0 aromatic heterocycles. The van der Waals surface area contributed by atoms with Crippen LogP contribution in [0.5, 0.6) is 0 Å². The van der Waals surface area contributed by atoms with E-state index in [2.05, 4.69) is 15.9 Å². The zero-order chi connectivity index (χ0) is 13.2. The van der Waals surface area contributed by atoms with Crippen LogP contribution in [0.4, 0.5) is 0 Å². The van der Waals surface area contributed by atoms with Crippen molar-refractivity contribution in [3.8, 4) is 0 Å². The Morgan fingerprint density at radius 2 is 1.53 bits per heavy atom. The molecule has 0 amide bonds. The Morgan fingerprint density at radius 1 is 0.895 bits per heavy atom. The predicted octanol–water partition coefficient (Wildman–Crippen LogP) is 3.45. The second-order valence-corrected chi connectivity index (χ2v) is 6.22. The van der Waals surface area contributed by atoms with Crippen molar-refractivity contribution in [2.24, 2.45) is 0 Å². The molecule has 3 heteroatoms. The number of halogens is 1. The third kappa shape index (κ3) is 1.12. The number of hydrogen-bond acceptors (Lipinski definition) is 2. The van der Waals surface area contributed by atoms with Crippen molar-refractivity contribution in [2.75, 3.05) is 0 Å². The van der Waals surface area contributed by atoms with E-state index in [1.807, 2.05) is 36.4 Å². The molecule has 0 saturated carbocycles. The summed E-state index contributed by atoms with van der Waals surface area (Å²) in [6, 6.07) is 14.8. The van der Waals surface area contributed by atoms with Crippen LogP contribution in [0.3, 0.4) is 0 Å². The van der Waals surface area contributed by atoms with E-state index in [0.29, 0.717) is 11.1 Å². The second-order valence-electron chi connectivity index (χ2n) is 4.97. The van der Waals surface area contributed by atoms with E-state index in [0.717, 1.165) is 11.1 Å². The number of benzene rings is 2. The van der Waals surface area contributed by atoms with Gasteiger partial charge in [0.1, 0.15) is 4.32 Å². The molecule has 2 aromatic rings. The van der Waals surface area contributed by atoms with E-state index < -0.39 is 10.2 Å². The molecule has 0 aliphatic heterocycles. The molecule has 4 rings (SSSR count). The first-order chi connectivity index (χ1) is 9.15. The summed E-state index contributed by atoms with van der Waals surface area (Å²) in [5.74, 6) is -0.397. The number of Topliss-reactive ketones (excluding diaryl/α,β-unsaturated/α-hetero) is 2. The van der Waals surface area contributed by atoms with Gasteiger partial charge in [-0.1, -0.05) is 64.5 Å². The van der Waals surface area contributed by atoms with Crippen molar-refractivity contribution in [3.63, 3.8) is 0 Å². The Balaban J connectivity index is 2.08. The minimum absolute atomic E-state index is 0.00796. The molecule has 92 valence electrons. The number of ketones is 2. The third-order valence-electron chi connectivity index (χ3n) is 4.09. The Hall–Kier alpha value is -1.74. The molecule has 0 radical (unpaired) electrons. The van der Waals surface area contributed by atoms with Crippen LogP contribution < -0.4 is 0 Å². The standard InChI is InChI=1S/C16H9BrO2/c17-16-12-8-4-3-7-11(12)14(18)13(16)9-5-1-2-6-10(9)15(16)19/h1-8,13H/t13-,16-/m0/s1. The fourth-order valence-electron chi connectivity index (χ4n) is 3.27. The van der Waals surface area contributed by atoms with E-state index in [9.17, 15) is 9.59 Å². The van der Waals surface area contributed by atoms with Crippen LogP contribution in [0.15, 0.2) is 48.5 Å². The molecule has 0 unspecified atom stereocenters. The van der Waals surface area contributed by atoms with Crippen LogP contribution >= 0.6 is 15.9 Å². The van der Waals surface area contributed by atoms with Crippen molar-refractivity contribution in [1.82, 2.24) is 0 Å². The van der Waals surface area contributed by atoms with Gasteiger partial charge < -0.3 is 0 Å². The molecule has 0 spiro atoms. The monoisotopic (exact) mass is 312 g/mol. The molecule has 19 heavy (non-hydrogen) atoms. The molecule has 0 fully saturated rings. The van der Waals surface area contributed by atoms with Gasteiger partial charge in [-0.05, 0) is 11.1 Å². The average Bonchev–Trinajstić information content (AvgIpc) is 2.82. The van der Waals surface area contributed by atoms with Crippen LogP contribution in [0.2, 0.25) is 0 Å². The number of carbonyl (C=O) groups excluding carboxylic acids is 2. The molecule has 2 aliphatic rings. The fourth-order valence-corrected chi connectivity index (χ4v) is 4.28. The van der Waals surface area contributed by atoms with Crippen LogP contribution in [-0.4, -0.2) is 11.6 Å². The van der Waals surface area contributed by atoms with Gasteiger partial charge in [0.05, 0.1) is 5.92 Å². The number of hydrogen-bond donors (Lipinski definition) is 0. The van der Waals surface area contributed by atoms with Gasteiger partial charge in [0.25, 0.3) is 0 Å². The van der Waals surface area contributed by atoms with Crippen molar-refractivity contribution in [3.05, 3.63) is 70.8 Å². The van der Waals surface area contributed by atoms with E-state index in [1.54, 1.807) is 12.1 Å². The molecule has 0 saturated heterocycles. The summed E-state index contributed by atoms with van der Waals surface area (Å²) in [5.41, 5.74) is 2.95. The van der Waals surface area contributed by atoms with Crippen molar-refractivity contribution >= 4 is 27.5 Å². The predicted molar refractivity (Wildman–Crippen MR) is 74.9 cm³/mol. The summed E-state index contributed by atoms with van der Waals surface area (Å²) in [5, 5.41) is 0. The molecular formula is C16H9BrO2. The first-order valence-corrected chi connectivity index (χ1v) is 6.91. The molecule has 0 bridgehead atoms. The van der Waals surface area contributed by atoms with Gasteiger partial charge in [-0.25, -0.2) is 0 Å². The number of carbonyl (C=O) groups is 2. The lowest BCUT2D eigenvalue weighted by atomic mass is 9.92. The zero-order valence-corrected chi connectivity index (χ0v) is 11.5. The van der Waals surface area contributed by atoms with Crippen molar-refractivity contribution in [2.45, 2.75) is 10.2 Å². The summed E-state index contributed by atoms with van der Waals surface area (Å²) in [7, 11) is 0. The lowest BCUT2D eigenvalue weighted by Crippen LogP contribution is -2.27. The first-order valence-electron chi connectivity index (χ1n) is 6.12. The van der Waals surface area contributed by atoms with Crippen molar-refractivity contribution in [1.29, 1.82) is 0 Å².